The summed E-state index contributed by atoms with van der Waals surface area (Å²) in [6.45, 7) is 1.35. The van der Waals surface area contributed by atoms with E-state index in [1.54, 1.807) is 12.1 Å². The second kappa shape index (κ2) is 9.10. The number of carbonyl (C=O) groups is 3. The predicted octanol–water partition coefficient (Wildman–Crippen LogP) is 4.26. The van der Waals surface area contributed by atoms with E-state index >= 15 is 0 Å². The van der Waals surface area contributed by atoms with Crippen molar-refractivity contribution in [2.45, 2.75) is 19.8 Å². The first-order valence-corrected chi connectivity index (χ1v) is 8.34. The minimum absolute atomic E-state index is 0.0883. The molecule has 0 aliphatic heterocycles. The Morgan fingerprint density at radius 3 is 2.42 bits per heavy atom. The number of amides is 1. The molecule has 0 fully saturated rings. The molecule has 0 bridgehead atoms. The molecule has 5 nitrogen and oxygen atoms in total. The Bertz CT molecular complexity index is 801. The third-order valence-electron chi connectivity index (χ3n) is 3.47. The second-order valence-corrected chi connectivity index (χ2v) is 5.88. The fourth-order valence-electron chi connectivity index (χ4n) is 2.17. The molecule has 0 aliphatic carbocycles. The average Bonchev–Trinajstić information content (AvgIpc) is 2.60. The molecule has 2 aromatic rings. The molecular weight excluding hydrogens is 361 g/mol. The second-order valence-electron chi connectivity index (χ2n) is 5.47. The standard InChI is InChI=1S/C19H17ClFNO4/c1-2-4-17(24)22-13-9-7-12(8-10-13)16(23)11-26-19(25)18-14(20)5-3-6-15(18)21/h3,5-10H,2,4,11H2,1H3,(H,22,24). The Morgan fingerprint density at radius 1 is 1.12 bits per heavy atom. The number of rotatable bonds is 7. The first-order valence-electron chi connectivity index (χ1n) is 7.96. The SMILES string of the molecule is CCCC(=O)Nc1ccc(C(=O)COC(=O)c2c(F)cccc2Cl)cc1. The van der Waals surface area contributed by atoms with E-state index in [1.165, 1.54) is 24.3 Å². The summed E-state index contributed by atoms with van der Waals surface area (Å²) in [6.07, 6.45) is 1.15. The van der Waals surface area contributed by atoms with Crippen LogP contribution in [0.2, 0.25) is 5.02 Å². The van der Waals surface area contributed by atoms with Crippen LogP contribution < -0.4 is 5.32 Å². The van der Waals surface area contributed by atoms with Crippen LogP contribution in [0.15, 0.2) is 42.5 Å². The summed E-state index contributed by atoms with van der Waals surface area (Å²) >= 11 is 5.78. The monoisotopic (exact) mass is 377 g/mol. The van der Waals surface area contributed by atoms with E-state index in [9.17, 15) is 18.8 Å². The number of esters is 1. The predicted molar refractivity (Wildman–Crippen MR) is 96.0 cm³/mol. The Morgan fingerprint density at radius 2 is 1.81 bits per heavy atom. The number of anilines is 1. The first-order chi connectivity index (χ1) is 12.4. The molecule has 2 rings (SSSR count). The van der Waals surface area contributed by atoms with Crippen molar-refractivity contribution in [2.24, 2.45) is 0 Å². The van der Waals surface area contributed by atoms with Gasteiger partial charge in [-0.25, -0.2) is 9.18 Å². The average molecular weight is 378 g/mol. The number of hydrogen-bond acceptors (Lipinski definition) is 4. The maximum absolute atomic E-state index is 13.6. The third kappa shape index (κ3) is 5.13. The van der Waals surface area contributed by atoms with Gasteiger partial charge in [-0.3, -0.25) is 9.59 Å². The minimum Gasteiger partial charge on any atom is -0.454 e. The Hall–Kier alpha value is -2.73. The number of ketones is 1. The summed E-state index contributed by atoms with van der Waals surface area (Å²) in [4.78, 5) is 35.5. The maximum Gasteiger partial charge on any atom is 0.343 e. The van der Waals surface area contributed by atoms with Crippen LogP contribution in [0, 0.1) is 5.82 Å². The molecule has 0 saturated carbocycles. The zero-order valence-electron chi connectivity index (χ0n) is 14.1. The lowest BCUT2D eigenvalue weighted by molar-refractivity contribution is -0.116. The van der Waals surface area contributed by atoms with Gasteiger partial charge >= 0.3 is 5.97 Å². The van der Waals surface area contributed by atoms with Crippen LogP contribution in [0.5, 0.6) is 0 Å². The third-order valence-corrected chi connectivity index (χ3v) is 3.78. The van der Waals surface area contributed by atoms with Crippen molar-refractivity contribution in [1.29, 1.82) is 0 Å². The molecule has 0 unspecified atom stereocenters. The van der Waals surface area contributed by atoms with Crippen molar-refractivity contribution in [3.63, 3.8) is 0 Å². The quantitative estimate of drug-likeness (QED) is 0.578. The Balaban J connectivity index is 1.95. The molecule has 0 atom stereocenters. The van der Waals surface area contributed by atoms with Crippen molar-refractivity contribution in [1.82, 2.24) is 0 Å². The molecule has 0 aliphatic rings. The highest BCUT2D eigenvalue weighted by molar-refractivity contribution is 6.33. The van der Waals surface area contributed by atoms with Crippen molar-refractivity contribution < 1.29 is 23.5 Å². The van der Waals surface area contributed by atoms with E-state index in [4.69, 9.17) is 16.3 Å². The number of ether oxygens (including phenoxy) is 1. The van der Waals surface area contributed by atoms with Crippen molar-refractivity contribution in [3.8, 4) is 0 Å². The van der Waals surface area contributed by atoms with Gasteiger partial charge in [0.2, 0.25) is 5.91 Å². The fourth-order valence-corrected chi connectivity index (χ4v) is 2.41. The van der Waals surface area contributed by atoms with Gasteiger partial charge in [-0.1, -0.05) is 24.6 Å². The maximum atomic E-state index is 13.6. The molecule has 136 valence electrons. The molecule has 0 aromatic heterocycles. The minimum atomic E-state index is -1.01. The molecule has 1 amide bonds. The summed E-state index contributed by atoms with van der Waals surface area (Å²) in [5.41, 5.74) is 0.456. The van der Waals surface area contributed by atoms with Crippen LogP contribution in [-0.2, 0) is 9.53 Å². The summed E-state index contributed by atoms with van der Waals surface area (Å²) < 4.78 is 18.5. The normalized spacial score (nSPS) is 10.3. The van der Waals surface area contributed by atoms with Crippen molar-refractivity contribution in [2.75, 3.05) is 11.9 Å². The lowest BCUT2D eigenvalue weighted by atomic mass is 10.1. The Kier molecular flexibility index (Phi) is 6.86. The van der Waals surface area contributed by atoms with Crippen LogP contribution in [0.25, 0.3) is 0 Å². The van der Waals surface area contributed by atoms with E-state index in [0.29, 0.717) is 17.7 Å². The van der Waals surface area contributed by atoms with Gasteiger partial charge in [-0.05, 0) is 42.8 Å². The van der Waals surface area contributed by atoms with Crippen LogP contribution in [0.1, 0.15) is 40.5 Å². The lowest BCUT2D eigenvalue weighted by Gasteiger charge is -2.08. The molecule has 7 heteroatoms. The number of hydrogen-bond donors (Lipinski definition) is 1. The van der Waals surface area contributed by atoms with E-state index in [0.717, 1.165) is 12.5 Å². The highest BCUT2D eigenvalue weighted by Gasteiger charge is 2.18. The summed E-state index contributed by atoms with van der Waals surface area (Å²) in [5.74, 6) is -2.40. The molecule has 1 N–H and O–H groups in total. The lowest BCUT2D eigenvalue weighted by Crippen LogP contribution is -2.16. The largest absolute Gasteiger partial charge is 0.454 e. The zero-order chi connectivity index (χ0) is 19.1. The highest BCUT2D eigenvalue weighted by Crippen LogP contribution is 2.20. The molecular formula is C19H17ClFNO4. The first kappa shape index (κ1) is 19.6. The molecule has 0 radical (unpaired) electrons. The van der Waals surface area contributed by atoms with Crippen LogP contribution in [-0.4, -0.2) is 24.3 Å². The highest BCUT2D eigenvalue weighted by atomic mass is 35.5. The fraction of sp³-hybridized carbons (Fsp3) is 0.211. The molecule has 26 heavy (non-hydrogen) atoms. The van der Waals surface area contributed by atoms with E-state index in [-0.39, 0.29) is 10.9 Å². The smallest absolute Gasteiger partial charge is 0.343 e. The van der Waals surface area contributed by atoms with Gasteiger partial charge in [0, 0.05) is 17.7 Å². The zero-order valence-corrected chi connectivity index (χ0v) is 14.8. The van der Waals surface area contributed by atoms with Gasteiger partial charge in [-0.15, -0.1) is 0 Å². The van der Waals surface area contributed by atoms with Crippen LogP contribution in [0.4, 0.5) is 10.1 Å². The van der Waals surface area contributed by atoms with Crippen LogP contribution in [0.3, 0.4) is 0 Å². The number of benzene rings is 2. The summed E-state index contributed by atoms with van der Waals surface area (Å²) in [7, 11) is 0. The van der Waals surface area contributed by atoms with E-state index in [1.807, 2.05) is 6.92 Å². The summed E-state index contributed by atoms with van der Waals surface area (Å²) in [6, 6.07) is 9.97. The molecule has 0 spiro atoms. The van der Waals surface area contributed by atoms with Gasteiger partial charge in [0.05, 0.1) is 5.02 Å². The van der Waals surface area contributed by atoms with Gasteiger partial charge in [0.1, 0.15) is 11.4 Å². The Labute approximate surface area is 155 Å². The van der Waals surface area contributed by atoms with Gasteiger partial charge in [0.15, 0.2) is 12.4 Å². The van der Waals surface area contributed by atoms with Gasteiger partial charge in [0.25, 0.3) is 0 Å². The molecule has 0 saturated heterocycles. The molecule has 0 heterocycles. The van der Waals surface area contributed by atoms with Gasteiger partial charge < -0.3 is 10.1 Å². The topological polar surface area (TPSA) is 72.5 Å². The van der Waals surface area contributed by atoms with E-state index in [2.05, 4.69) is 5.32 Å². The number of halogens is 2. The van der Waals surface area contributed by atoms with Crippen molar-refractivity contribution >= 4 is 34.9 Å². The number of nitrogens with one attached hydrogen (secondary N) is 1. The molecule has 2 aromatic carbocycles. The van der Waals surface area contributed by atoms with Crippen molar-refractivity contribution in [3.05, 3.63) is 64.4 Å². The number of Topliss-reactive ketones (excluding diaryl/α,β-unsaturated/α-hetero) is 1. The van der Waals surface area contributed by atoms with Crippen LogP contribution >= 0.6 is 11.6 Å². The van der Waals surface area contributed by atoms with Gasteiger partial charge in [-0.2, -0.15) is 0 Å². The van der Waals surface area contributed by atoms with E-state index < -0.39 is 29.7 Å². The summed E-state index contributed by atoms with van der Waals surface area (Å²) in [5, 5.41) is 2.61. The number of carbonyl (C=O) groups excluding carboxylic acids is 3.